The van der Waals surface area contributed by atoms with Gasteiger partial charge in [0.25, 0.3) is 0 Å². The Labute approximate surface area is 279 Å². The molecule has 2 heterocycles. The average Bonchev–Trinajstić information content (AvgIpc) is 3.58. The number of hydrogen-bond donors (Lipinski definition) is 4. The van der Waals surface area contributed by atoms with Crippen LogP contribution in [0.1, 0.15) is 88.6 Å². The fourth-order valence-electron chi connectivity index (χ4n) is 6.79. The van der Waals surface area contributed by atoms with E-state index in [1.165, 1.54) is 17.6 Å². The first kappa shape index (κ1) is 35.8. The number of aliphatic hydroxyl groups is 1. The molecule has 0 unspecified atom stereocenters. The van der Waals surface area contributed by atoms with Gasteiger partial charge in [-0.15, -0.1) is 0 Å². The lowest BCUT2D eigenvalue weighted by Gasteiger charge is -2.43. The van der Waals surface area contributed by atoms with Gasteiger partial charge in [0, 0.05) is 43.0 Å². The minimum absolute atomic E-state index is 0.0947. The molecule has 254 valence electrons. The standard InChI is InChI=1S/C37H52N6O4/c1-26(2)20-35(45)42-31(21-27-12-5-3-6-13-27)37(47)43(33(36(38)46)23-30-24-39-25-41-30)32(22-28-14-7-4-8-15-28)34(44)18-11-17-29-16-9-10-19-40-29/h3,5-6,9-10,12-13,16,19,24-26,28,31-34,44H,4,7-8,11,14-15,17-18,20-23H2,1-2H3,(H2,38,46)(H,39,41)(H,42,45)/t31-,32-,33-,34-/m0/s1. The van der Waals surface area contributed by atoms with E-state index in [0.29, 0.717) is 37.3 Å². The van der Waals surface area contributed by atoms with Crippen molar-refractivity contribution < 1.29 is 19.5 Å². The average molecular weight is 645 g/mol. The highest BCUT2D eigenvalue weighted by molar-refractivity contribution is 5.92. The topological polar surface area (TPSA) is 154 Å². The second-order valence-corrected chi connectivity index (χ2v) is 13.4. The van der Waals surface area contributed by atoms with Gasteiger partial charge in [0.05, 0.1) is 18.5 Å². The number of rotatable bonds is 18. The maximum absolute atomic E-state index is 15.0. The lowest BCUT2D eigenvalue weighted by atomic mass is 9.82. The second kappa shape index (κ2) is 18.3. The van der Waals surface area contributed by atoms with E-state index in [4.69, 9.17) is 5.73 Å². The van der Waals surface area contributed by atoms with Crippen LogP contribution in [0, 0.1) is 11.8 Å². The van der Waals surface area contributed by atoms with Crippen LogP contribution in [0.25, 0.3) is 0 Å². The zero-order valence-corrected chi connectivity index (χ0v) is 27.9. The van der Waals surface area contributed by atoms with E-state index in [-0.39, 0.29) is 31.1 Å². The number of amides is 3. The highest BCUT2D eigenvalue weighted by atomic mass is 16.3. The molecule has 2 aromatic heterocycles. The molecule has 10 nitrogen and oxygen atoms in total. The van der Waals surface area contributed by atoms with Gasteiger partial charge >= 0.3 is 0 Å². The van der Waals surface area contributed by atoms with Gasteiger partial charge in [-0.05, 0) is 55.2 Å². The summed E-state index contributed by atoms with van der Waals surface area (Å²) in [5.74, 6) is -0.943. The number of carbonyl (C=O) groups excluding carboxylic acids is 3. The summed E-state index contributed by atoms with van der Waals surface area (Å²) in [4.78, 5) is 54.7. The van der Waals surface area contributed by atoms with E-state index in [0.717, 1.165) is 36.9 Å². The van der Waals surface area contributed by atoms with Crippen LogP contribution in [0.3, 0.4) is 0 Å². The monoisotopic (exact) mass is 644 g/mol. The molecule has 5 N–H and O–H groups in total. The Kier molecular flexibility index (Phi) is 14.0. The molecule has 1 aliphatic carbocycles. The molecule has 1 fully saturated rings. The lowest BCUT2D eigenvalue weighted by Crippen LogP contribution is -2.62. The summed E-state index contributed by atoms with van der Waals surface area (Å²) >= 11 is 0. The number of aromatic nitrogens is 3. The number of benzene rings is 1. The lowest BCUT2D eigenvalue weighted by molar-refractivity contribution is -0.149. The fourth-order valence-corrected chi connectivity index (χ4v) is 6.79. The Bertz CT molecular complexity index is 1360. The van der Waals surface area contributed by atoms with E-state index in [9.17, 15) is 19.5 Å². The number of aliphatic hydroxyl groups excluding tert-OH is 1. The Morgan fingerprint density at radius 2 is 1.79 bits per heavy atom. The third kappa shape index (κ3) is 11.3. The van der Waals surface area contributed by atoms with E-state index in [1.54, 1.807) is 12.4 Å². The Morgan fingerprint density at radius 3 is 2.43 bits per heavy atom. The number of pyridine rings is 1. The number of H-pyrrole nitrogens is 1. The number of nitrogens with one attached hydrogen (secondary N) is 2. The van der Waals surface area contributed by atoms with Gasteiger partial charge in [0.15, 0.2) is 0 Å². The second-order valence-electron chi connectivity index (χ2n) is 13.4. The summed E-state index contributed by atoms with van der Waals surface area (Å²) in [5, 5.41) is 15.0. The van der Waals surface area contributed by atoms with Crippen LogP contribution < -0.4 is 11.1 Å². The molecular weight excluding hydrogens is 592 g/mol. The van der Waals surface area contributed by atoms with Crippen molar-refractivity contribution >= 4 is 17.7 Å². The Balaban J connectivity index is 1.72. The molecule has 3 aromatic rings. The zero-order chi connectivity index (χ0) is 33.6. The number of hydrogen-bond acceptors (Lipinski definition) is 6. The summed E-state index contributed by atoms with van der Waals surface area (Å²) in [5.41, 5.74) is 8.57. The van der Waals surface area contributed by atoms with Gasteiger partial charge < -0.3 is 26.0 Å². The van der Waals surface area contributed by atoms with Crippen LogP contribution in [0.2, 0.25) is 0 Å². The highest BCUT2D eigenvalue weighted by Gasteiger charge is 2.42. The minimum atomic E-state index is -1.07. The zero-order valence-electron chi connectivity index (χ0n) is 27.9. The third-order valence-corrected chi connectivity index (χ3v) is 9.16. The maximum atomic E-state index is 15.0. The van der Waals surface area contributed by atoms with E-state index < -0.39 is 36.0 Å². The first-order valence-corrected chi connectivity index (χ1v) is 17.2. The number of aryl methyl sites for hydroxylation is 1. The first-order valence-electron chi connectivity index (χ1n) is 17.2. The van der Waals surface area contributed by atoms with Crippen molar-refractivity contribution in [2.24, 2.45) is 17.6 Å². The van der Waals surface area contributed by atoms with Crippen molar-refractivity contribution in [2.75, 3.05) is 0 Å². The molecule has 0 spiro atoms. The van der Waals surface area contributed by atoms with Crippen molar-refractivity contribution in [3.05, 3.63) is 84.2 Å². The summed E-state index contributed by atoms with van der Waals surface area (Å²) in [6.07, 6.45) is 12.2. The van der Waals surface area contributed by atoms with Crippen molar-refractivity contribution in [1.82, 2.24) is 25.2 Å². The van der Waals surface area contributed by atoms with Gasteiger partial charge in [-0.2, -0.15) is 0 Å². The van der Waals surface area contributed by atoms with Crippen molar-refractivity contribution in [3.8, 4) is 0 Å². The van der Waals surface area contributed by atoms with Gasteiger partial charge in [-0.25, -0.2) is 4.98 Å². The largest absolute Gasteiger partial charge is 0.391 e. The smallest absolute Gasteiger partial charge is 0.246 e. The summed E-state index contributed by atoms with van der Waals surface area (Å²) in [6.45, 7) is 3.91. The number of nitrogens with two attached hydrogens (primary N) is 1. The van der Waals surface area contributed by atoms with Crippen LogP contribution >= 0.6 is 0 Å². The number of nitrogens with zero attached hydrogens (tertiary/aromatic N) is 3. The predicted octanol–water partition coefficient (Wildman–Crippen LogP) is 4.53. The van der Waals surface area contributed by atoms with Crippen LogP contribution in [0.5, 0.6) is 0 Å². The molecule has 1 aliphatic rings. The van der Waals surface area contributed by atoms with E-state index >= 15 is 0 Å². The molecule has 1 aromatic carbocycles. The molecule has 4 atom stereocenters. The molecule has 10 heteroatoms. The molecule has 1 saturated carbocycles. The van der Waals surface area contributed by atoms with Crippen LogP contribution in [0.15, 0.2) is 67.3 Å². The minimum Gasteiger partial charge on any atom is -0.391 e. The molecule has 3 amide bonds. The van der Waals surface area contributed by atoms with Crippen molar-refractivity contribution in [1.29, 1.82) is 0 Å². The van der Waals surface area contributed by atoms with Gasteiger partial charge in [-0.3, -0.25) is 19.4 Å². The normalized spacial score (nSPS) is 16.3. The van der Waals surface area contributed by atoms with Gasteiger partial charge in [0.2, 0.25) is 17.7 Å². The van der Waals surface area contributed by atoms with Crippen LogP contribution in [-0.4, -0.2) is 66.9 Å². The fraction of sp³-hybridized carbons (Fsp3) is 0.541. The van der Waals surface area contributed by atoms with Gasteiger partial charge in [-0.1, -0.05) is 82.3 Å². The quantitative estimate of drug-likeness (QED) is 0.160. The number of aromatic amines is 1. The SMILES string of the molecule is CC(C)CC(=O)N[C@@H](Cc1ccccc1)C(=O)N([C@@H](Cc1cnc[nH]1)C(N)=O)[C@@H](CC1CCCCC1)[C@@H](O)CCCc1ccccn1. The molecule has 47 heavy (non-hydrogen) atoms. The summed E-state index contributed by atoms with van der Waals surface area (Å²) in [6, 6.07) is 12.6. The summed E-state index contributed by atoms with van der Waals surface area (Å²) in [7, 11) is 0. The van der Waals surface area contributed by atoms with Crippen LogP contribution in [0.4, 0.5) is 0 Å². The molecule has 0 saturated heterocycles. The first-order chi connectivity index (χ1) is 22.7. The maximum Gasteiger partial charge on any atom is 0.246 e. The highest BCUT2D eigenvalue weighted by Crippen LogP contribution is 2.32. The van der Waals surface area contributed by atoms with Crippen molar-refractivity contribution in [3.63, 3.8) is 0 Å². The molecule has 0 bridgehead atoms. The number of imidazole rings is 1. The molecule has 4 rings (SSSR count). The van der Waals surface area contributed by atoms with Crippen LogP contribution in [-0.2, 0) is 33.6 Å². The molecule has 0 aliphatic heterocycles. The number of carbonyl (C=O) groups is 3. The Hall–Kier alpha value is -4.05. The van der Waals surface area contributed by atoms with E-state index in [2.05, 4.69) is 20.3 Å². The predicted molar refractivity (Wildman–Crippen MR) is 182 cm³/mol. The Morgan fingerprint density at radius 1 is 1.04 bits per heavy atom. The van der Waals surface area contributed by atoms with Gasteiger partial charge in [0.1, 0.15) is 12.1 Å². The molecule has 0 radical (unpaired) electrons. The molecular formula is C37H52N6O4. The third-order valence-electron chi connectivity index (χ3n) is 9.16. The number of primary amides is 1. The van der Waals surface area contributed by atoms with E-state index in [1.807, 2.05) is 62.4 Å². The summed E-state index contributed by atoms with van der Waals surface area (Å²) < 4.78 is 0. The van der Waals surface area contributed by atoms with Crippen molar-refractivity contribution in [2.45, 2.75) is 115 Å².